The lowest BCUT2D eigenvalue weighted by Gasteiger charge is -2.12. The molecule has 2 heterocycles. The van der Waals surface area contributed by atoms with Crippen LogP contribution in [-0.2, 0) is 0 Å². The Morgan fingerprint density at radius 2 is 0.849 bits per heavy atom. The lowest BCUT2D eigenvalue weighted by atomic mass is 9.94. The Kier molecular flexibility index (Phi) is 7.47. The van der Waals surface area contributed by atoms with Gasteiger partial charge in [0, 0.05) is 33.2 Å². The first-order valence-electron chi connectivity index (χ1n) is 18.0. The molecule has 0 saturated carbocycles. The lowest BCUT2D eigenvalue weighted by Crippen LogP contribution is -1.96. The van der Waals surface area contributed by atoms with Crippen LogP contribution in [0, 0.1) is 0 Å². The monoisotopic (exact) mass is 675 g/mol. The Balaban J connectivity index is 1.00. The number of fused-ring (bicyclic) bond motifs is 4. The molecule has 10 aromatic rings. The Labute approximate surface area is 308 Å². The molecule has 0 spiro atoms. The minimum absolute atomic E-state index is 0.711. The van der Waals surface area contributed by atoms with E-state index in [1.807, 2.05) is 36.4 Å². The van der Waals surface area contributed by atoms with Crippen molar-refractivity contribution in [2.75, 3.05) is 0 Å². The molecule has 0 N–H and O–H groups in total. The summed E-state index contributed by atoms with van der Waals surface area (Å²) < 4.78 is 2.38. The fourth-order valence-corrected chi connectivity index (χ4v) is 7.63. The van der Waals surface area contributed by atoms with Gasteiger partial charge < -0.3 is 4.57 Å². The van der Waals surface area contributed by atoms with Gasteiger partial charge in [0.2, 0.25) is 0 Å². The highest BCUT2D eigenvalue weighted by atomic mass is 15.0. The van der Waals surface area contributed by atoms with E-state index in [0.29, 0.717) is 5.82 Å². The van der Waals surface area contributed by atoms with Crippen molar-refractivity contribution in [3.63, 3.8) is 0 Å². The average Bonchev–Trinajstić information content (AvgIpc) is 3.58. The molecule has 0 aliphatic carbocycles. The van der Waals surface area contributed by atoms with E-state index in [1.54, 1.807) is 0 Å². The number of aromatic nitrogens is 3. The predicted molar refractivity (Wildman–Crippen MR) is 221 cm³/mol. The summed E-state index contributed by atoms with van der Waals surface area (Å²) in [5.41, 5.74) is 13.2. The second kappa shape index (κ2) is 12.9. The SMILES string of the molecule is c1ccc(-c2cc(-c3ccccc3)nc(-c3ccc(-c4cccc5cc(-c6cccc(-n7c8ccccc8c8ccccc87)c6)ccc45)cc3)n2)cc1. The second-order valence-electron chi connectivity index (χ2n) is 13.4. The van der Waals surface area contributed by atoms with Crippen LogP contribution in [0.25, 0.3) is 94.4 Å². The van der Waals surface area contributed by atoms with Gasteiger partial charge in [-0.2, -0.15) is 0 Å². The number of rotatable bonds is 6. The van der Waals surface area contributed by atoms with E-state index in [0.717, 1.165) is 39.3 Å². The Morgan fingerprint density at radius 1 is 0.321 bits per heavy atom. The van der Waals surface area contributed by atoms with Crippen LogP contribution in [0.1, 0.15) is 0 Å². The average molecular weight is 676 g/mol. The van der Waals surface area contributed by atoms with Gasteiger partial charge in [-0.25, -0.2) is 9.97 Å². The van der Waals surface area contributed by atoms with Crippen molar-refractivity contribution in [2.45, 2.75) is 0 Å². The molecule has 0 atom stereocenters. The maximum absolute atomic E-state index is 5.03. The van der Waals surface area contributed by atoms with Crippen LogP contribution in [0.3, 0.4) is 0 Å². The van der Waals surface area contributed by atoms with Crippen LogP contribution in [0.2, 0.25) is 0 Å². The minimum Gasteiger partial charge on any atom is -0.309 e. The molecular weight excluding hydrogens is 643 g/mol. The van der Waals surface area contributed by atoms with Crippen LogP contribution in [0.4, 0.5) is 0 Å². The molecule has 8 aromatic carbocycles. The Morgan fingerprint density at radius 3 is 1.51 bits per heavy atom. The van der Waals surface area contributed by atoms with Crippen molar-refractivity contribution >= 4 is 32.6 Å². The maximum Gasteiger partial charge on any atom is 0.160 e. The molecule has 0 aliphatic rings. The van der Waals surface area contributed by atoms with E-state index in [9.17, 15) is 0 Å². The summed E-state index contributed by atoms with van der Waals surface area (Å²) in [5.74, 6) is 0.711. The van der Waals surface area contributed by atoms with E-state index in [4.69, 9.17) is 9.97 Å². The first-order chi connectivity index (χ1) is 26.3. The fourth-order valence-electron chi connectivity index (χ4n) is 7.63. The minimum atomic E-state index is 0.711. The summed E-state index contributed by atoms with van der Waals surface area (Å²) in [6.45, 7) is 0. The molecule has 3 heteroatoms. The molecule has 2 aromatic heterocycles. The molecule has 0 amide bonds. The van der Waals surface area contributed by atoms with Gasteiger partial charge in [0.05, 0.1) is 22.4 Å². The summed E-state index contributed by atoms with van der Waals surface area (Å²) in [5, 5.41) is 4.96. The van der Waals surface area contributed by atoms with Gasteiger partial charge >= 0.3 is 0 Å². The van der Waals surface area contributed by atoms with Crippen LogP contribution >= 0.6 is 0 Å². The number of benzene rings is 8. The Hall–Kier alpha value is -7.10. The molecule has 0 unspecified atom stereocenters. The molecule has 248 valence electrons. The van der Waals surface area contributed by atoms with E-state index in [1.165, 1.54) is 49.3 Å². The summed E-state index contributed by atoms with van der Waals surface area (Å²) in [6, 6.07) is 71.0. The number of hydrogen-bond acceptors (Lipinski definition) is 2. The smallest absolute Gasteiger partial charge is 0.160 e. The normalized spacial score (nSPS) is 11.4. The maximum atomic E-state index is 5.03. The molecule has 0 saturated heterocycles. The number of para-hydroxylation sites is 2. The molecular formula is C50H33N3. The highest BCUT2D eigenvalue weighted by Gasteiger charge is 2.14. The third-order valence-electron chi connectivity index (χ3n) is 10.2. The molecule has 0 bridgehead atoms. The third kappa shape index (κ3) is 5.56. The molecule has 0 aliphatic heterocycles. The van der Waals surface area contributed by atoms with Crippen LogP contribution in [-0.4, -0.2) is 14.5 Å². The quantitative estimate of drug-likeness (QED) is 0.176. The molecule has 53 heavy (non-hydrogen) atoms. The third-order valence-corrected chi connectivity index (χ3v) is 10.2. The summed E-state index contributed by atoms with van der Waals surface area (Å²) in [6.07, 6.45) is 0. The first-order valence-corrected chi connectivity index (χ1v) is 18.0. The second-order valence-corrected chi connectivity index (χ2v) is 13.4. The number of hydrogen-bond donors (Lipinski definition) is 0. The molecule has 0 fully saturated rings. The summed E-state index contributed by atoms with van der Waals surface area (Å²) >= 11 is 0. The zero-order valence-electron chi connectivity index (χ0n) is 28.9. The van der Waals surface area contributed by atoms with Crippen LogP contribution < -0.4 is 0 Å². The van der Waals surface area contributed by atoms with Crippen LogP contribution in [0.15, 0.2) is 200 Å². The standard InChI is InChI=1S/C50H33N3/c1-3-13-35(14-4-1)46-33-47(36-15-5-2-6-16-36)52-50(51-46)37-27-25-34(26-28-37)42-22-12-18-40-31-39(29-30-43(40)42)38-17-11-19-41(32-38)53-48-23-9-7-20-44(48)45-21-8-10-24-49(45)53/h1-33H. The van der Waals surface area contributed by atoms with Gasteiger partial charge in [-0.1, -0.05) is 164 Å². The van der Waals surface area contributed by atoms with Crippen molar-refractivity contribution < 1.29 is 0 Å². The topological polar surface area (TPSA) is 30.7 Å². The lowest BCUT2D eigenvalue weighted by molar-refractivity contribution is 1.18. The fraction of sp³-hybridized carbons (Fsp3) is 0. The summed E-state index contributed by atoms with van der Waals surface area (Å²) in [4.78, 5) is 10.1. The largest absolute Gasteiger partial charge is 0.309 e. The van der Waals surface area contributed by atoms with E-state index >= 15 is 0 Å². The van der Waals surface area contributed by atoms with Gasteiger partial charge in [0.15, 0.2) is 5.82 Å². The first kappa shape index (κ1) is 30.7. The predicted octanol–water partition coefficient (Wildman–Crippen LogP) is 13.1. The van der Waals surface area contributed by atoms with Crippen molar-refractivity contribution in [2.24, 2.45) is 0 Å². The highest BCUT2D eigenvalue weighted by Crippen LogP contribution is 2.36. The van der Waals surface area contributed by atoms with Crippen molar-refractivity contribution in [1.82, 2.24) is 14.5 Å². The zero-order chi connectivity index (χ0) is 35.1. The van der Waals surface area contributed by atoms with Gasteiger partial charge in [0.25, 0.3) is 0 Å². The van der Waals surface area contributed by atoms with Crippen molar-refractivity contribution in [1.29, 1.82) is 0 Å². The molecule has 0 radical (unpaired) electrons. The zero-order valence-corrected chi connectivity index (χ0v) is 28.9. The number of nitrogens with zero attached hydrogens (tertiary/aromatic N) is 3. The highest BCUT2D eigenvalue weighted by molar-refractivity contribution is 6.09. The van der Waals surface area contributed by atoms with E-state index in [-0.39, 0.29) is 0 Å². The van der Waals surface area contributed by atoms with Crippen LogP contribution in [0.5, 0.6) is 0 Å². The Bertz CT molecular complexity index is 2810. The van der Waals surface area contributed by atoms with Gasteiger partial charge in [-0.05, 0) is 69.4 Å². The van der Waals surface area contributed by atoms with Crippen molar-refractivity contribution in [3.8, 4) is 61.8 Å². The van der Waals surface area contributed by atoms with E-state index in [2.05, 4.69) is 168 Å². The molecule has 10 rings (SSSR count). The van der Waals surface area contributed by atoms with Gasteiger partial charge in [-0.3, -0.25) is 0 Å². The van der Waals surface area contributed by atoms with Gasteiger partial charge in [-0.15, -0.1) is 0 Å². The summed E-state index contributed by atoms with van der Waals surface area (Å²) in [7, 11) is 0. The van der Waals surface area contributed by atoms with Crippen molar-refractivity contribution in [3.05, 3.63) is 200 Å². The van der Waals surface area contributed by atoms with Gasteiger partial charge in [0.1, 0.15) is 0 Å². The molecule has 3 nitrogen and oxygen atoms in total. The van der Waals surface area contributed by atoms with E-state index < -0.39 is 0 Å².